The second kappa shape index (κ2) is 7.62. The monoisotopic (exact) mass is 366 g/mol. The summed E-state index contributed by atoms with van der Waals surface area (Å²) < 4.78 is 44.8. The first-order chi connectivity index (χ1) is 11.8. The molecule has 0 unspecified atom stereocenters. The summed E-state index contributed by atoms with van der Waals surface area (Å²) in [5.41, 5.74) is 5.90. The third kappa shape index (κ3) is 4.55. The van der Waals surface area contributed by atoms with Crippen molar-refractivity contribution in [3.05, 3.63) is 59.4 Å². The number of nitrogens with two attached hydrogens (primary N) is 1. The van der Waals surface area contributed by atoms with Gasteiger partial charge in [-0.15, -0.1) is 0 Å². The van der Waals surface area contributed by atoms with Crippen molar-refractivity contribution in [3.8, 4) is 5.75 Å². The Morgan fingerprint density at radius 1 is 1.24 bits per heavy atom. The van der Waals surface area contributed by atoms with E-state index in [-0.39, 0.29) is 24.2 Å². The number of Topliss-reactive ketones (excluding diaryl/α,β-unsaturated/α-hetero) is 1. The number of methoxy groups -OCH3 is 1. The third-order valence-corrected chi connectivity index (χ3v) is 4.76. The van der Waals surface area contributed by atoms with Crippen LogP contribution in [0.4, 0.5) is 10.1 Å². The lowest BCUT2D eigenvalue weighted by Gasteiger charge is -2.23. The highest BCUT2D eigenvalue weighted by Gasteiger charge is 2.20. The van der Waals surface area contributed by atoms with Gasteiger partial charge in [0.15, 0.2) is 5.78 Å². The summed E-state index contributed by atoms with van der Waals surface area (Å²) in [5, 5.41) is 0. The van der Waals surface area contributed by atoms with E-state index in [0.29, 0.717) is 11.4 Å². The number of carbonyl (C=O) groups excluding carboxylic acids is 1. The summed E-state index contributed by atoms with van der Waals surface area (Å²) in [7, 11) is -2.20. The van der Waals surface area contributed by atoms with Gasteiger partial charge in [-0.25, -0.2) is 12.8 Å². The summed E-state index contributed by atoms with van der Waals surface area (Å²) in [5.74, 6) is -0.579. The predicted octanol–water partition coefficient (Wildman–Crippen LogP) is 1.94. The molecule has 8 heteroatoms. The van der Waals surface area contributed by atoms with Crippen molar-refractivity contribution >= 4 is 21.5 Å². The molecule has 0 aliphatic heterocycles. The van der Waals surface area contributed by atoms with Crippen molar-refractivity contribution in [1.82, 2.24) is 0 Å². The Morgan fingerprint density at radius 2 is 1.96 bits per heavy atom. The fourth-order valence-electron chi connectivity index (χ4n) is 2.29. The summed E-state index contributed by atoms with van der Waals surface area (Å²) in [6.45, 7) is -0.438. The third-order valence-electron chi connectivity index (χ3n) is 3.62. The van der Waals surface area contributed by atoms with Crippen LogP contribution in [0.15, 0.2) is 42.5 Å². The van der Waals surface area contributed by atoms with Crippen molar-refractivity contribution in [1.29, 1.82) is 0 Å². The molecule has 0 aliphatic rings. The van der Waals surface area contributed by atoms with Crippen LogP contribution in [0.2, 0.25) is 0 Å². The van der Waals surface area contributed by atoms with E-state index >= 15 is 0 Å². The topological polar surface area (TPSA) is 89.7 Å². The van der Waals surface area contributed by atoms with Crippen molar-refractivity contribution in [2.45, 2.75) is 6.54 Å². The maximum atomic E-state index is 14.3. The highest BCUT2D eigenvalue weighted by Crippen LogP contribution is 2.25. The molecule has 0 fully saturated rings. The van der Waals surface area contributed by atoms with E-state index in [1.165, 1.54) is 19.2 Å². The highest BCUT2D eigenvalue weighted by molar-refractivity contribution is 7.92. The Hall–Kier alpha value is -2.45. The smallest absolute Gasteiger partial charge is 0.232 e. The van der Waals surface area contributed by atoms with Crippen LogP contribution < -0.4 is 14.8 Å². The minimum absolute atomic E-state index is 0.141. The van der Waals surface area contributed by atoms with Crippen molar-refractivity contribution in [2.24, 2.45) is 5.73 Å². The summed E-state index contributed by atoms with van der Waals surface area (Å²) in [6, 6.07) is 10.3. The Kier molecular flexibility index (Phi) is 5.76. The van der Waals surface area contributed by atoms with Crippen LogP contribution in [-0.2, 0) is 16.6 Å². The van der Waals surface area contributed by atoms with E-state index in [1.807, 2.05) is 0 Å². The molecule has 2 aromatic rings. The number of rotatable bonds is 7. The Balaban J connectivity index is 2.40. The average molecular weight is 366 g/mol. The molecule has 2 aromatic carbocycles. The van der Waals surface area contributed by atoms with Crippen LogP contribution in [0.25, 0.3) is 0 Å². The molecule has 0 spiro atoms. The molecular formula is C17H19FN2O4S. The molecule has 0 aliphatic carbocycles. The van der Waals surface area contributed by atoms with Crippen LogP contribution in [0, 0.1) is 5.82 Å². The van der Waals surface area contributed by atoms with Gasteiger partial charge in [-0.1, -0.05) is 18.2 Å². The number of anilines is 1. The van der Waals surface area contributed by atoms with E-state index in [9.17, 15) is 17.6 Å². The molecule has 134 valence electrons. The summed E-state index contributed by atoms with van der Waals surface area (Å²) in [6.07, 6.45) is 1.04. The van der Waals surface area contributed by atoms with E-state index < -0.39 is 21.6 Å². The molecule has 0 radical (unpaired) electrons. The second-order valence-electron chi connectivity index (χ2n) is 5.40. The number of halogens is 1. The van der Waals surface area contributed by atoms with Crippen LogP contribution in [0.5, 0.6) is 5.75 Å². The number of hydrogen-bond acceptors (Lipinski definition) is 5. The number of sulfonamides is 1. The van der Waals surface area contributed by atoms with Gasteiger partial charge in [-0.3, -0.25) is 9.10 Å². The quantitative estimate of drug-likeness (QED) is 0.757. The van der Waals surface area contributed by atoms with Gasteiger partial charge < -0.3 is 10.5 Å². The Labute approximate surface area is 146 Å². The normalized spacial score (nSPS) is 11.2. The molecule has 0 aromatic heterocycles. The minimum atomic E-state index is -3.66. The van der Waals surface area contributed by atoms with Gasteiger partial charge in [0.05, 0.1) is 32.1 Å². The maximum Gasteiger partial charge on any atom is 0.232 e. The zero-order chi connectivity index (χ0) is 18.6. The lowest BCUT2D eigenvalue weighted by Crippen LogP contribution is -2.29. The summed E-state index contributed by atoms with van der Waals surface area (Å²) in [4.78, 5) is 11.5. The van der Waals surface area contributed by atoms with Crippen LogP contribution in [-0.4, -0.2) is 34.1 Å². The Morgan fingerprint density at radius 3 is 2.52 bits per heavy atom. The van der Waals surface area contributed by atoms with Crippen molar-refractivity contribution in [2.75, 3.05) is 24.2 Å². The zero-order valence-electron chi connectivity index (χ0n) is 13.9. The fourth-order valence-corrected chi connectivity index (χ4v) is 3.16. The van der Waals surface area contributed by atoms with Crippen LogP contribution >= 0.6 is 0 Å². The predicted molar refractivity (Wildman–Crippen MR) is 93.8 cm³/mol. The molecule has 2 rings (SSSR count). The lowest BCUT2D eigenvalue weighted by atomic mass is 10.1. The molecule has 2 N–H and O–H groups in total. The standard InChI is InChI=1S/C17H19FN2O4S/c1-24-15-5-3-4-14(9-15)20(25(2,22)23)11-13-7-6-12(8-16(13)18)17(21)10-19/h3-9H,10-11,19H2,1-2H3. The van der Waals surface area contributed by atoms with Crippen LogP contribution in [0.1, 0.15) is 15.9 Å². The van der Waals surface area contributed by atoms with Gasteiger partial charge in [-0.05, 0) is 18.2 Å². The molecule has 0 amide bonds. The molecule has 6 nitrogen and oxygen atoms in total. The largest absolute Gasteiger partial charge is 0.497 e. The number of hydrogen-bond donors (Lipinski definition) is 1. The number of benzene rings is 2. The first kappa shape index (κ1) is 18.9. The number of carbonyl (C=O) groups is 1. The minimum Gasteiger partial charge on any atom is -0.497 e. The second-order valence-corrected chi connectivity index (χ2v) is 7.31. The van der Waals surface area contributed by atoms with Gasteiger partial charge >= 0.3 is 0 Å². The van der Waals surface area contributed by atoms with Gasteiger partial charge in [0.2, 0.25) is 10.0 Å². The molecule has 0 saturated carbocycles. The molecule has 0 heterocycles. The highest BCUT2D eigenvalue weighted by atomic mass is 32.2. The maximum absolute atomic E-state index is 14.3. The number of ether oxygens (including phenoxy) is 1. The van der Waals surface area contributed by atoms with E-state index in [2.05, 4.69) is 0 Å². The lowest BCUT2D eigenvalue weighted by molar-refractivity contribution is 0.100. The first-order valence-electron chi connectivity index (χ1n) is 7.39. The summed E-state index contributed by atoms with van der Waals surface area (Å²) >= 11 is 0. The van der Waals surface area contributed by atoms with E-state index in [4.69, 9.17) is 10.5 Å². The van der Waals surface area contributed by atoms with Gasteiger partial charge in [-0.2, -0.15) is 0 Å². The van der Waals surface area contributed by atoms with Crippen molar-refractivity contribution in [3.63, 3.8) is 0 Å². The van der Waals surface area contributed by atoms with Gasteiger partial charge in [0.25, 0.3) is 0 Å². The van der Waals surface area contributed by atoms with Crippen molar-refractivity contribution < 1.29 is 22.3 Å². The van der Waals surface area contributed by atoms with E-state index in [1.54, 1.807) is 24.3 Å². The fraction of sp³-hybridized carbons (Fsp3) is 0.235. The Bertz CT molecular complexity index is 884. The van der Waals surface area contributed by atoms with Crippen LogP contribution in [0.3, 0.4) is 0 Å². The average Bonchev–Trinajstić information content (AvgIpc) is 2.58. The molecule has 0 saturated heterocycles. The first-order valence-corrected chi connectivity index (χ1v) is 9.24. The number of ketones is 1. The molecule has 0 atom stereocenters. The molecular weight excluding hydrogens is 347 g/mol. The zero-order valence-corrected chi connectivity index (χ0v) is 14.7. The molecule has 0 bridgehead atoms. The SMILES string of the molecule is COc1cccc(N(Cc2ccc(C(=O)CN)cc2F)S(C)(=O)=O)c1. The van der Waals surface area contributed by atoms with Gasteiger partial charge in [0, 0.05) is 17.2 Å². The van der Waals surface area contributed by atoms with E-state index in [0.717, 1.165) is 16.6 Å². The number of nitrogens with zero attached hydrogens (tertiary/aromatic N) is 1. The molecule has 25 heavy (non-hydrogen) atoms. The van der Waals surface area contributed by atoms with Gasteiger partial charge in [0.1, 0.15) is 11.6 Å².